The Morgan fingerprint density at radius 2 is 0.950 bits per heavy atom. The zero-order chi connectivity index (χ0) is 39.3. The fourth-order valence-electron chi connectivity index (χ4n) is 9.36. The van der Waals surface area contributed by atoms with Crippen LogP contribution < -0.4 is 0 Å². The zero-order valence-corrected chi connectivity index (χ0v) is 32.9. The Hall–Kier alpha value is -7.73. The van der Waals surface area contributed by atoms with E-state index in [9.17, 15) is 0 Å². The highest BCUT2D eigenvalue weighted by Crippen LogP contribution is 2.49. The van der Waals surface area contributed by atoms with Crippen LogP contribution in [0.2, 0.25) is 0 Å². The Morgan fingerprint density at radius 1 is 0.350 bits per heavy atom. The molecule has 3 heterocycles. The molecule has 0 aliphatic rings. The number of furan rings is 1. The minimum atomic E-state index is 0.560. The van der Waals surface area contributed by atoms with E-state index in [1.807, 2.05) is 29.5 Å². The van der Waals surface area contributed by atoms with Gasteiger partial charge in [-0.1, -0.05) is 152 Å². The molecule has 13 aromatic rings. The van der Waals surface area contributed by atoms with Crippen LogP contribution in [0.3, 0.4) is 0 Å². The third-order valence-electron chi connectivity index (χ3n) is 12.1. The third-order valence-corrected chi connectivity index (χ3v) is 13.2. The van der Waals surface area contributed by atoms with Crippen LogP contribution in [0.15, 0.2) is 192 Å². The van der Waals surface area contributed by atoms with Crippen molar-refractivity contribution in [3.63, 3.8) is 0 Å². The first-order valence-corrected chi connectivity index (χ1v) is 21.0. The predicted molar refractivity (Wildman–Crippen MR) is 252 cm³/mol. The highest BCUT2D eigenvalue weighted by molar-refractivity contribution is 7.26. The largest absolute Gasteiger partial charge is 0.455 e. The summed E-state index contributed by atoms with van der Waals surface area (Å²) in [7, 11) is 0. The van der Waals surface area contributed by atoms with Crippen LogP contribution in [0.4, 0.5) is 0 Å². The van der Waals surface area contributed by atoms with Crippen LogP contribution in [0.25, 0.3) is 130 Å². The van der Waals surface area contributed by atoms with Gasteiger partial charge < -0.3 is 4.42 Å². The Balaban J connectivity index is 1.21. The summed E-state index contributed by atoms with van der Waals surface area (Å²) in [6.45, 7) is 0. The summed E-state index contributed by atoms with van der Waals surface area (Å²) in [5.74, 6) is 1.78. The molecule has 278 valence electrons. The Morgan fingerprint density at radius 3 is 1.78 bits per heavy atom. The van der Waals surface area contributed by atoms with Crippen LogP contribution in [0.5, 0.6) is 0 Å². The van der Waals surface area contributed by atoms with E-state index >= 15 is 0 Å². The number of fused-ring (bicyclic) bond motifs is 13. The maximum atomic E-state index is 6.64. The molecule has 0 saturated carbocycles. The molecule has 5 heteroatoms. The van der Waals surface area contributed by atoms with Crippen LogP contribution in [0.1, 0.15) is 0 Å². The summed E-state index contributed by atoms with van der Waals surface area (Å²) >= 11 is 1.83. The molecule has 0 amide bonds. The van der Waals surface area contributed by atoms with E-state index in [0.717, 1.165) is 65.9 Å². The minimum Gasteiger partial charge on any atom is -0.455 e. The first-order chi connectivity index (χ1) is 29.7. The smallest absolute Gasteiger partial charge is 0.167 e. The standard InChI is InChI=1S/C55H31N3OS/c1-2-14-32(15-3-1)33-18-12-19-36(28-33)53-56-54(43-26-13-25-42-40-23-10-11-27-46(40)59-52(42)43)58-55(57-53)51-49-41-24-9-8-21-38(41)37-20-6-7-22-39(37)44(49)31-48-50(51)45-29-34-16-4-5-17-35(34)30-47(45)60-48/h1-31H. The summed E-state index contributed by atoms with van der Waals surface area (Å²) in [5.41, 5.74) is 6.55. The molecule has 60 heavy (non-hydrogen) atoms. The van der Waals surface area contributed by atoms with Gasteiger partial charge in [0, 0.05) is 47.5 Å². The normalized spacial score (nSPS) is 12.0. The maximum absolute atomic E-state index is 6.64. The predicted octanol–water partition coefficient (Wildman–Crippen LogP) is 15.4. The molecule has 0 saturated heterocycles. The van der Waals surface area contributed by atoms with E-state index < -0.39 is 0 Å². The van der Waals surface area contributed by atoms with E-state index in [1.165, 1.54) is 47.1 Å². The van der Waals surface area contributed by atoms with Crippen molar-refractivity contribution in [1.29, 1.82) is 0 Å². The van der Waals surface area contributed by atoms with Crippen molar-refractivity contribution < 1.29 is 4.42 Å². The molecule has 0 fully saturated rings. The van der Waals surface area contributed by atoms with Gasteiger partial charge in [0.1, 0.15) is 11.2 Å². The number of para-hydroxylation sites is 2. The molecule has 0 N–H and O–H groups in total. The number of thiophene rings is 1. The second-order valence-electron chi connectivity index (χ2n) is 15.5. The van der Waals surface area contributed by atoms with Crippen LogP contribution in [0, 0.1) is 0 Å². The second kappa shape index (κ2) is 12.9. The third kappa shape index (κ3) is 5.00. The number of rotatable bonds is 4. The van der Waals surface area contributed by atoms with Crippen molar-refractivity contribution in [2.45, 2.75) is 0 Å². The average molecular weight is 782 g/mol. The molecule has 13 rings (SSSR count). The lowest BCUT2D eigenvalue weighted by molar-refractivity contribution is 0.669. The average Bonchev–Trinajstić information content (AvgIpc) is 3.88. The number of hydrogen-bond donors (Lipinski definition) is 0. The van der Waals surface area contributed by atoms with Crippen LogP contribution >= 0.6 is 11.3 Å². The van der Waals surface area contributed by atoms with Crippen molar-refractivity contribution in [3.05, 3.63) is 188 Å². The lowest BCUT2D eigenvalue weighted by Crippen LogP contribution is -2.01. The Labute approximate surface area is 347 Å². The lowest BCUT2D eigenvalue weighted by atomic mass is 9.89. The molecule has 0 aliphatic heterocycles. The van der Waals surface area contributed by atoms with Gasteiger partial charge in [-0.05, 0) is 85.2 Å². The first kappa shape index (κ1) is 33.3. The summed E-state index contributed by atoms with van der Waals surface area (Å²) in [4.78, 5) is 16.4. The molecule has 0 aliphatic carbocycles. The molecule has 0 unspecified atom stereocenters. The fraction of sp³-hybridized carbons (Fsp3) is 0. The van der Waals surface area contributed by atoms with Gasteiger partial charge in [-0.3, -0.25) is 0 Å². The van der Waals surface area contributed by atoms with Gasteiger partial charge in [-0.2, -0.15) is 0 Å². The van der Waals surface area contributed by atoms with Crippen LogP contribution in [-0.4, -0.2) is 15.0 Å². The van der Waals surface area contributed by atoms with Crippen molar-refractivity contribution >= 4 is 96.5 Å². The topological polar surface area (TPSA) is 51.8 Å². The van der Waals surface area contributed by atoms with Crippen molar-refractivity contribution in [1.82, 2.24) is 15.0 Å². The SMILES string of the molecule is c1ccc(-c2cccc(-c3nc(-c4cccc5c4oc4ccccc45)nc(-c4c5c(cc6c7ccccc7c7ccccc7c46)sc4cc6ccccc6cc45)n3)c2)cc1. The Kier molecular flexibility index (Phi) is 7.14. The Bertz CT molecular complexity index is 3900. The molecule has 4 nitrogen and oxygen atoms in total. The summed E-state index contributed by atoms with van der Waals surface area (Å²) in [6, 6.07) is 66.7. The maximum Gasteiger partial charge on any atom is 0.167 e. The number of aromatic nitrogens is 3. The molecule has 0 atom stereocenters. The van der Waals surface area contributed by atoms with Crippen molar-refractivity contribution in [3.8, 4) is 45.3 Å². The van der Waals surface area contributed by atoms with E-state index in [0.29, 0.717) is 17.5 Å². The quantitative estimate of drug-likeness (QED) is 0.167. The van der Waals surface area contributed by atoms with E-state index in [2.05, 4.69) is 170 Å². The van der Waals surface area contributed by atoms with Gasteiger partial charge >= 0.3 is 0 Å². The molecule has 10 aromatic carbocycles. The van der Waals surface area contributed by atoms with Gasteiger partial charge in [0.25, 0.3) is 0 Å². The van der Waals surface area contributed by atoms with E-state index in [1.54, 1.807) is 0 Å². The highest BCUT2D eigenvalue weighted by atomic mass is 32.1. The molecule has 0 spiro atoms. The van der Waals surface area contributed by atoms with Gasteiger partial charge in [-0.25, -0.2) is 15.0 Å². The molecule has 0 radical (unpaired) electrons. The molecular weight excluding hydrogens is 751 g/mol. The number of hydrogen-bond acceptors (Lipinski definition) is 5. The second-order valence-corrected chi connectivity index (χ2v) is 16.6. The fourth-order valence-corrected chi connectivity index (χ4v) is 10.5. The summed E-state index contributed by atoms with van der Waals surface area (Å²) < 4.78 is 9.06. The molecule has 0 bridgehead atoms. The van der Waals surface area contributed by atoms with E-state index in [-0.39, 0.29) is 0 Å². The van der Waals surface area contributed by atoms with E-state index in [4.69, 9.17) is 19.4 Å². The summed E-state index contributed by atoms with van der Waals surface area (Å²) in [5, 5.41) is 14.0. The van der Waals surface area contributed by atoms with Gasteiger partial charge in [0.2, 0.25) is 0 Å². The molecule has 3 aromatic heterocycles. The van der Waals surface area contributed by atoms with Crippen LogP contribution in [-0.2, 0) is 0 Å². The zero-order valence-electron chi connectivity index (χ0n) is 32.1. The first-order valence-electron chi connectivity index (χ1n) is 20.2. The van der Waals surface area contributed by atoms with Crippen molar-refractivity contribution in [2.75, 3.05) is 0 Å². The molecular formula is C55H31N3OS. The minimum absolute atomic E-state index is 0.560. The van der Waals surface area contributed by atoms with Gasteiger partial charge in [0.15, 0.2) is 17.5 Å². The highest BCUT2D eigenvalue weighted by Gasteiger charge is 2.24. The van der Waals surface area contributed by atoms with Gasteiger partial charge in [-0.15, -0.1) is 11.3 Å². The number of benzene rings is 10. The lowest BCUT2D eigenvalue weighted by Gasteiger charge is -2.16. The van der Waals surface area contributed by atoms with Crippen molar-refractivity contribution in [2.24, 2.45) is 0 Å². The monoisotopic (exact) mass is 781 g/mol. The number of nitrogens with zero attached hydrogens (tertiary/aromatic N) is 3. The summed E-state index contributed by atoms with van der Waals surface area (Å²) in [6.07, 6.45) is 0. The van der Waals surface area contributed by atoms with Gasteiger partial charge in [0.05, 0.1) is 5.56 Å².